The van der Waals surface area contributed by atoms with Gasteiger partial charge in [-0.1, -0.05) is 34.1 Å². The van der Waals surface area contributed by atoms with Crippen molar-refractivity contribution in [3.63, 3.8) is 0 Å². The molecule has 164 valence electrons. The fourth-order valence-corrected chi connectivity index (χ4v) is 8.06. The van der Waals surface area contributed by atoms with Gasteiger partial charge in [0.05, 0.1) is 0 Å². The fourth-order valence-electron chi connectivity index (χ4n) is 8.06. The van der Waals surface area contributed by atoms with Crippen LogP contribution in [0.4, 0.5) is 0 Å². The van der Waals surface area contributed by atoms with Crippen molar-refractivity contribution in [3.05, 3.63) is 0 Å². The van der Waals surface area contributed by atoms with Crippen LogP contribution in [0.15, 0.2) is 0 Å². The van der Waals surface area contributed by atoms with Crippen LogP contribution in [0, 0.1) is 40.4 Å². The Labute approximate surface area is 177 Å². The van der Waals surface area contributed by atoms with Gasteiger partial charge in [-0.2, -0.15) is 0 Å². The summed E-state index contributed by atoms with van der Waals surface area (Å²) >= 11 is 0. The lowest BCUT2D eigenvalue weighted by molar-refractivity contribution is -0.164. The molecule has 0 aromatic heterocycles. The van der Waals surface area contributed by atoms with Crippen molar-refractivity contribution in [2.75, 3.05) is 0 Å². The number of Topliss-reactive ketones (excluding diaryl/α,β-unsaturated/α-hetero) is 1. The van der Waals surface area contributed by atoms with Crippen molar-refractivity contribution >= 4 is 11.8 Å². The van der Waals surface area contributed by atoms with Gasteiger partial charge >= 0.3 is 5.97 Å². The summed E-state index contributed by atoms with van der Waals surface area (Å²) < 4.78 is 6.11. The van der Waals surface area contributed by atoms with Gasteiger partial charge in [0.15, 0.2) is 0 Å². The average molecular weight is 403 g/mol. The zero-order chi connectivity index (χ0) is 20.8. The minimum atomic E-state index is 0.0288. The van der Waals surface area contributed by atoms with Gasteiger partial charge < -0.3 is 4.74 Å². The standard InChI is InChI=1S/C26H42O3/c1-17(2)6-5-7-24(28)29-23-11-10-21-20-9-8-18-16-19(27)12-14-25(18,3)22(20)13-15-26(21,23)4/h17-18,20-23H,5-16H2,1-4H3/t18-,20-,21-,22-,23-,25-,26-/m0/s1. The summed E-state index contributed by atoms with van der Waals surface area (Å²) in [5, 5.41) is 0. The Morgan fingerprint density at radius 1 is 1.03 bits per heavy atom. The maximum Gasteiger partial charge on any atom is 0.306 e. The molecule has 4 rings (SSSR count). The van der Waals surface area contributed by atoms with E-state index in [1.54, 1.807) is 0 Å². The number of hydrogen-bond acceptors (Lipinski definition) is 3. The first-order chi connectivity index (χ1) is 13.7. The topological polar surface area (TPSA) is 43.4 Å². The van der Waals surface area contributed by atoms with Crippen molar-refractivity contribution in [1.82, 2.24) is 0 Å². The molecule has 3 nitrogen and oxygen atoms in total. The number of carbonyl (C=O) groups excluding carboxylic acids is 2. The molecular weight excluding hydrogens is 360 g/mol. The summed E-state index contributed by atoms with van der Waals surface area (Å²) in [6.45, 7) is 9.35. The summed E-state index contributed by atoms with van der Waals surface area (Å²) in [4.78, 5) is 24.6. The van der Waals surface area contributed by atoms with Gasteiger partial charge in [0.1, 0.15) is 11.9 Å². The predicted molar refractivity (Wildman–Crippen MR) is 115 cm³/mol. The normalized spacial score (nSPS) is 44.2. The number of esters is 1. The quantitative estimate of drug-likeness (QED) is 0.504. The van der Waals surface area contributed by atoms with E-state index in [1.807, 2.05) is 0 Å². The zero-order valence-electron chi connectivity index (χ0n) is 19.2. The Kier molecular flexibility index (Phi) is 5.90. The molecule has 0 spiro atoms. The number of carbonyl (C=O) groups is 2. The molecule has 7 atom stereocenters. The molecule has 0 unspecified atom stereocenters. The molecule has 4 aliphatic carbocycles. The lowest BCUT2D eigenvalue weighted by Crippen LogP contribution is -2.54. The molecule has 0 saturated heterocycles. The zero-order valence-corrected chi connectivity index (χ0v) is 19.2. The molecule has 0 bridgehead atoms. The van der Waals surface area contributed by atoms with Crippen molar-refractivity contribution in [1.29, 1.82) is 0 Å². The maximum atomic E-state index is 12.5. The fraction of sp³-hybridized carbons (Fsp3) is 0.923. The molecule has 0 heterocycles. The molecule has 0 radical (unpaired) electrons. The van der Waals surface area contributed by atoms with Crippen molar-refractivity contribution in [2.24, 2.45) is 40.4 Å². The highest BCUT2D eigenvalue weighted by Crippen LogP contribution is 2.66. The van der Waals surface area contributed by atoms with Gasteiger partial charge in [0, 0.05) is 24.7 Å². The molecule has 3 heteroatoms. The Morgan fingerprint density at radius 3 is 2.55 bits per heavy atom. The van der Waals surface area contributed by atoms with Crippen LogP contribution in [0.25, 0.3) is 0 Å². The molecule has 4 aliphatic rings. The number of rotatable bonds is 5. The highest BCUT2D eigenvalue weighted by Gasteiger charge is 2.61. The monoisotopic (exact) mass is 402 g/mol. The number of fused-ring (bicyclic) bond motifs is 5. The second-order valence-electron chi connectivity index (χ2n) is 11.8. The first-order valence-corrected chi connectivity index (χ1v) is 12.4. The van der Waals surface area contributed by atoms with E-state index in [9.17, 15) is 9.59 Å². The largest absolute Gasteiger partial charge is 0.462 e. The molecule has 4 fully saturated rings. The maximum absolute atomic E-state index is 12.5. The van der Waals surface area contributed by atoms with Gasteiger partial charge in [-0.05, 0) is 86.4 Å². The van der Waals surface area contributed by atoms with Crippen molar-refractivity contribution in [3.8, 4) is 0 Å². The molecule has 0 N–H and O–H groups in total. The minimum Gasteiger partial charge on any atom is -0.462 e. The van der Waals surface area contributed by atoms with Crippen LogP contribution < -0.4 is 0 Å². The van der Waals surface area contributed by atoms with E-state index in [0.29, 0.717) is 35.4 Å². The van der Waals surface area contributed by atoms with Gasteiger partial charge in [0.25, 0.3) is 0 Å². The third kappa shape index (κ3) is 3.81. The molecule has 0 aromatic carbocycles. The lowest BCUT2D eigenvalue weighted by atomic mass is 9.45. The molecule has 0 aliphatic heterocycles. The van der Waals surface area contributed by atoms with E-state index in [4.69, 9.17) is 4.74 Å². The van der Waals surface area contributed by atoms with Crippen LogP contribution in [-0.2, 0) is 14.3 Å². The van der Waals surface area contributed by atoms with Crippen LogP contribution in [-0.4, -0.2) is 17.9 Å². The first kappa shape index (κ1) is 21.4. The number of ether oxygens (including phenoxy) is 1. The lowest BCUT2D eigenvalue weighted by Gasteiger charge is -2.60. The number of ketones is 1. The highest BCUT2D eigenvalue weighted by atomic mass is 16.5. The van der Waals surface area contributed by atoms with Gasteiger partial charge in [-0.15, -0.1) is 0 Å². The van der Waals surface area contributed by atoms with Gasteiger partial charge in [-0.3, -0.25) is 9.59 Å². The Hall–Kier alpha value is -0.860. The summed E-state index contributed by atoms with van der Waals surface area (Å²) in [6.07, 6.45) is 12.7. The molecule has 4 saturated carbocycles. The van der Waals surface area contributed by atoms with Crippen LogP contribution >= 0.6 is 0 Å². The van der Waals surface area contributed by atoms with E-state index in [2.05, 4.69) is 27.7 Å². The second-order valence-corrected chi connectivity index (χ2v) is 11.8. The molecule has 0 aromatic rings. The predicted octanol–water partition coefficient (Wildman–Crippen LogP) is 6.34. The van der Waals surface area contributed by atoms with Crippen LogP contribution in [0.2, 0.25) is 0 Å². The molecule has 0 amide bonds. The molecule has 29 heavy (non-hydrogen) atoms. The smallest absolute Gasteiger partial charge is 0.306 e. The first-order valence-electron chi connectivity index (χ1n) is 12.4. The van der Waals surface area contributed by atoms with E-state index < -0.39 is 0 Å². The summed E-state index contributed by atoms with van der Waals surface area (Å²) in [5.41, 5.74) is 0.534. The Balaban J connectivity index is 1.42. The Bertz CT molecular complexity index is 640. The average Bonchev–Trinajstić information content (AvgIpc) is 2.98. The second kappa shape index (κ2) is 8.00. The Morgan fingerprint density at radius 2 is 1.79 bits per heavy atom. The van der Waals surface area contributed by atoms with Crippen LogP contribution in [0.1, 0.15) is 105 Å². The minimum absolute atomic E-state index is 0.0288. The number of hydrogen-bond donors (Lipinski definition) is 0. The van der Waals surface area contributed by atoms with Crippen molar-refractivity contribution < 1.29 is 14.3 Å². The summed E-state index contributed by atoms with van der Waals surface area (Å²) in [5.74, 6) is 4.03. The molecular formula is C26H42O3. The highest BCUT2D eigenvalue weighted by molar-refractivity contribution is 5.79. The SMILES string of the molecule is CC(C)CCCC(=O)O[C@H]1CC[C@H]2[C@@H]3CC[C@H]4CC(=O)CC[C@]4(C)[C@H]3CC[C@]12C. The van der Waals surface area contributed by atoms with Gasteiger partial charge in [0.2, 0.25) is 0 Å². The van der Waals surface area contributed by atoms with Crippen LogP contribution in [0.5, 0.6) is 0 Å². The van der Waals surface area contributed by atoms with E-state index >= 15 is 0 Å². The summed E-state index contributed by atoms with van der Waals surface area (Å²) in [6, 6.07) is 0. The third-order valence-corrected chi connectivity index (χ3v) is 9.83. The van der Waals surface area contributed by atoms with Gasteiger partial charge in [-0.25, -0.2) is 0 Å². The van der Waals surface area contributed by atoms with Crippen molar-refractivity contribution in [2.45, 2.75) is 111 Å². The van der Waals surface area contributed by atoms with E-state index in [0.717, 1.165) is 50.4 Å². The van der Waals surface area contributed by atoms with E-state index in [1.165, 1.54) is 32.1 Å². The summed E-state index contributed by atoms with van der Waals surface area (Å²) in [7, 11) is 0. The third-order valence-electron chi connectivity index (χ3n) is 9.83. The van der Waals surface area contributed by atoms with E-state index in [-0.39, 0.29) is 17.5 Å². The van der Waals surface area contributed by atoms with Crippen LogP contribution in [0.3, 0.4) is 0 Å².